The van der Waals surface area contributed by atoms with Crippen LogP contribution >= 0.6 is 11.3 Å². The molecule has 7 heteroatoms. The van der Waals surface area contributed by atoms with E-state index in [2.05, 4.69) is 9.97 Å². The van der Waals surface area contributed by atoms with Crippen molar-refractivity contribution < 1.29 is 19.0 Å². The highest BCUT2D eigenvalue weighted by Gasteiger charge is 2.15. The number of hydrogen-bond acceptors (Lipinski definition) is 7. The van der Waals surface area contributed by atoms with Crippen LogP contribution in [0.1, 0.15) is 16.1 Å². The van der Waals surface area contributed by atoms with Gasteiger partial charge in [0, 0.05) is 17.8 Å². The zero-order valence-electron chi connectivity index (χ0n) is 13.8. The van der Waals surface area contributed by atoms with Gasteiger partial charge < -0.3 is 14.2 Å². The summed E-state index contributed by atoms with van der Waals surface area (Å²) in [4.78, 5) is 20.4. The molecule has 0 aliphatic carbocycles. The number of esters is 1. The van der Waals surface area contributed by atoms with E-state index in [0.717, 1.165) is 10.6 Å². The Balaban J connectivity index is 1.74. The lowest BCUT2D eigenvalue weighted by Crippen LogP contribution is -2.05. The monoisotopic (exact) mass is 356 g/mol. The number of para-hydroxylation sites is 1. The van der Waals surface area contributed by atoms with Gasteiger partial charge >= 0.3 is 5.97 Å². The van der Waals surface area contributed by atoms with E-state index in [1.807, 2.05) is 23.6 Å². The van der Waals surface area contributed by atoms with Crippen molar-refractivity contribution in [1.29, 1.82) is 0 Å². The van der Waals surface area contributed by atoms with E-state index in [9.17, 15) is 4.79 Å². The van der Waals surface area contributed by atoms with Gasteiger partial charge in [-0.15, -0.1) is 11.3 Å². The van der Waals surface area contributed by atoms with E-state index >= 15 is 0 Å². The van der Waals surface area contributed by atoms with Crippen molar-refractivity contribution in [3.05, 3.63) is 59.4 Å². The van der Waals surface area contributed by atoms with E-state index in [4.69, 9.17) is 14.2 Å². The van der Waals surface area contributed by atoms with Crippen LogP contribution in [0.5, 0.6) is 11.5 Å². The second-order valence-electron chi connectivity index (χ2n) is 5.00. The number of pyridine rings is 1. The third-order valence-corrected chi connectivity index (χ3v) is 4.38. The van der Waals surface area contributed by atoms with Crippen molar-refractivity contribution in [2.45, 2.75) is 6.61 Å². The van der Waals surface area contributed by atoms with Crippen LogP contribution in [0.15, 0.2) is 48.1 Å². The van der Waals surface area contributed by atoms with Gasteiger partial charge in [-0.3, -0.25) is 4.98 Å². The summed E-state index contributed by atoms with van der Waals surface area (Å²) >= 11 is 1.45. The predicted octanol–water partition coefficient (Wildman–Crippen LogP) is 3.58. The number of methoxy groups -OCH3 is 2. The molecule has 0 fully saturated rings. The van der Waals surface area contributed by atoms with Crippen LogP contribution in [-0.4, -0.2) is 30.2 Å². The van der Waals surface area contributed by atoms with Gasteiger partial charge in [0.05, 0.1) is 31.0 Å². The minimum atomic E-state index is -0.407. The van der Waals surface area contributed by atoms with Crippen LogP contribution in [0.2, 0.25) is 0 Å². The van der Waals surface area contributed by atoms with Crippen molar-refractivity contribution in [3.8, 4) is 22.1 Å². The molecule has 1 aromatic carbocycles. The summed E-state index contributed by atoms with van der Waals surface area (Å²) in [6.45, 7) is 0.101. The van der Waals surface area contributed by atoms with E-state index in [0.29, 0.717) is 22.8 Å². The van der Waals surface area contributed by atoms with Crippen molar-refractivity contribution >= 4 is 17.3 Å². The van der Waals surface area contributed by atoms with Crippen molar-refractivity contribution in [1.82, 2.24) is 9.97 Å². The van der Waals surface area contributed by atoms with E-state index < -0.39 is 5.97 Å². The summed E-state index contributed by atoms with van der Waals surface area (Å²) in [6.07, 6.45) is 3.10. The molecule has 6 nitrogen and oxygen atoms in total. The molecule has 0 radical (unpaired) electrons. The molecule has 0 unspecified atom stereocenters. The van der Waals surface area contributed by atoms with Gasteiger partial charge in [-0.2, -0.15) is 0 Å². The molecule has 3 aromatic rings. The van der Waals surface area contributed by atoms with Gasteiger partial charge in [0.15, 0.2) is 11.5 Å². The van der Waals surface area contributed by atoms with Crippen LogP contribution in [0.3, 0.4) is 0 Å². The van der Waals surface area contributed by atoms with Crippen LogP contribution in [0.25, 0.3) is 10.6 Å². The average molecular weight is 356 g/mol. The minimum absolute atomic E-state index is 0.101. The molecule has 0 aliphatic rings. The number of thiazole rings is 1. The third kappa shape index (κ3) is 3.77. The third-order valence-electron chi connectivity index (χ3n) is 3.45. The Labute approximate surface area is 149 Å². The first-order valence-corrected chi connectivity index (χ1v) is 8.34. The zero-order valence-corrected chi connectivity index (χ0v) is 14.6. The number of rotatable bonds is 6. The van der Waals surface area contributed by atoms with Gasteiger partial charge in [-0.05, 0) is 24.3 Å². The molecule has 0 bridgehead atoms. The summed E-state index contributed by atoms with van der Waals surface area (Å²) < 4.78 is 16.0. The molecule has 0 spiro atoms. The molecule has 128 valence electrons. The lowest BCUT2D eigenvalue weighted by Gasteiger charge is -2.10. The van der Waals surface area contributed by atoms with Crippen LogP contribution in [0, 0.1) is 0 Å². The zero-order chi connectivity index (χ0) is 17.6. The van der Waals surface area contributed by atoms with Crippen molar-refractivity contribution in [2.24, 2.45) is 0 Å². The molecule has 0 N–H and O–H groups in total. The number of carbonyl (C=O) groups excluding carboxylic acids is 1. The predicted molar refractivity (Wildman–Crippen MR) is 94.0 cm³/mol. The van der Waals surface area contributed by atoms with Gasteiger partial charge in [-0.25, -0.2) is 9.78 Å². The Kier molecular flexibility index (Phi) is 5.25. The maximum atomic E-state index is 12.0. The normalized spacial score (nSPS) is 10.3. The molecule has 2 heterocycles. The highest BCUT2D eigenvalue weighted by molar-refractivity contribution is 7.13. The second kappa shape index (κ2) is 7.76. The lowest BCUT2D eigenvalue weighted by molar-refractivity contribution is 0.0468. The fourth-order valence-corrected chi connectivity index (χ4v) is 3.09. The Morgan fingerprint density at radius 1 is 1.12 bits per heavy atom. The number of aromatic nitrogens is 2. The maximum absolute atomic E-state index is 12.0. The largest absolute Gasteiger partial charge is 0.493 e. The highest BCUT2D eigenvalue weighted by Crippen LogP contribution is 2.38. The fraction of sp³-hybridized carbons (Fsp3) is 0.167. The summed E-state index contributed by atoms with van der Waals surface area (Å²) in [5, 5.41) is 2.62. The Bertz CT molecular complexity index is 865. The number of carbonyl (C=O) groups is 1. The number of hydrogen-bond donors (Lipinski definition) is 0. The van der Waals surface area contributed by atoms with E-state index in [-0.39, 0.29) is 6.61 Å². The van der Waals surface area contributed by atoms with Crippen LogP contribution < -0.4 is 9.47 Å². The number of nitrogens with zero attached hydrogens (tertiary/aromatic N) is 2. The number of benzene rings is 1. The molecular weight excluding hydrogens is 340 g/mol. The quantitative estimate of drug-likeness (QED) is 0.629. The first kappa shape index (κ1) is 16.9. The highest BCUT2D eigenvalue weighted by atomic mass is 32.1. The SMILES string of the molecule is COc1cccc(-c2nc(COC(=O)c3ccncc3)cs2)c1OC. The van der Waals surface area contributed by atoms with Crippen molar-refractivity contribution in [2.75, 3.05) is 14.2 Å². The number of ether oxygens (including phenoxy) is 3. The molecule has 0 aliphatic heterocycles. The summed E-state index contributed by atoms with van der Waals surface area (Å²) in [6, 6.07) is 8.83. The van der Waals surface area contributed by atoms with E-state index in [1.54, 1.807) is 38.7 Å². The Morgan fingerprint density at radius 3 is 2.64 bits per heavy atom. The molecule has 0 saturated heterocycles. The molecule has 0 atom stereocenters. The molecule has 0 amide bonds. The fourth-order valence-electron chi connectivity index (χ4n) is 2.26. The summed E-state index contributed by atoms with van der Waals surface area (Å²) in [7, 11) is 3.18. The molecule has 3 rings (SSSR count). The second-order valence-corrected chi connectivity index (χ2v) is 5.86. The summed E-state index contributed by atoms with van der Waals surface area (Å²) in [5.74, 6) is 0.858. The van der Waals surface area contributed by atoms with Crippen LogP contribution in [0.4, 0.5) is 0 Å². The van der Waals surface area contributed by atoms with Gasteiger partial charge in [-0.1, -0.05) is 6.07 Å². The summed E-state index contributed by atoms with van der Waals surface area (Å²) in [5.41, 5.74) is 1.96. The smallest absolute Gasteiger partial charge is 0.338 e. The molecular formula is C18H16N2O4S. The Hall–Kier alpha value is -2.93. The lowest BCUT2D eigenvalue weighted by atomic mass is 10.2. The average Bonchev–Trinajstić information content (AvgIpc) is 3.14. The standard InChI is InChI=1S/C18H16N2O4S/c1-22-15-5-3-4-14(16(15)23-2)17-20-13(11-25-17)10-24-18(21)12-6-8-19-9-7-12/h3-9,11H,10H2,1-2H3. The molecule has 2 aromatic heterocycles. The molecule has 0 saturated carbocycles. The van der Waals surface area contributed by atoms with E-state index in [1.165, 1.54) is 11.3 Å². The minimum Gasteiger partial charge on any atom is -0.493 e. The van der Waals surface area contributed by atoms with Gasteiger partial charge in [0.2, 0.25) is 0 Å². The van der Waals surface area contributed by atoms with Gasteiger partial charge in [0.1, 0.15) is 11.6 Å². The topological polar surface area (TPSA) is 70.5 Å². The maximum Gasteiger partial charge on any atom is 0.338 e. The first-order chi connectivity index (χ1) is 12.2. The Morgan fingerprint density at radius 2 is 1.92 bits per heavy atom. The van der Waals surface area contributed by atoms with Gasteiger partial charge in [0.25, 0.3) is 0 Å². The first-order valence-electron chi connectivity index (χ1n) is 7.46. The molecule has 25 heavy (non-hydrogen) atoms. The van der Waals surface area contributed by atoms with Crippen molar-refractivity contribution in [3.63, 3.8) is 0 Å². The van der Waals surface area contributed by atoms with Crippen LogP contribution in [-0.2, 0) is 11.3 Å².